The van der Waals surface area contributed by atoms with E-state index in [0.29, 0.717) is 0 Å². The molecule has 0 aliphatic rings. The lowest BCUT2D eigenvalue weighted by Crippen LogP contribution is -2.12. The molecule has 78 valence electrons. The molecule has 1 aromatic rings. The van der Waals surface area contributed by atoms with E-state index in [9.17, 15) is 8.78 Å². The van der Waals surface area contributed by atoms with Crippen molar-refractivity contribution in [2.45, 2.75) is 39.3 Å². The summed E-state index contributed by atoms with van der Waals surface area (Å²) in [6.07, 6.45) is -1.25. The minimum absolute atomic E-state index is 0.0721. The first-order valence-electron chi connectivity index (χ1n) is 4.76. The highest BCUT2D eigenvalue weighted by Gasteiger charge is 2.17. The third-order valence-electron chi connectivity index (χ3n) is 2.29. The van der Waals surface area contributed by atoms with Crippen molar-refractivity contribution < 1.29 is 8.78 Å². The summed E-state index contributed by atoms with van der Waals surface area (Å²) in [4.78, 5) is 0. The fourth-order valence-electron chi connectivity index (χ4n) is 1.32. The van der Waals surface area contributed by atoms with Gasteiger partial charge in [0.05, 0.1) is 0 Å². The Labute approximate surface area is 84.0 Å². The molecule has 0 aromatic heterocycles. The zero-order valence-electron chi connectivity index (χ0n) is 9.07. The summed E-state index contributed by atoms with van der Waals surface area (Å²) in [6, 6.07) is 4.66. The van der Waals surface area contributed by atoms with E-state index in [1.54, 1.807) is 12.1 Å². The van der Waals surface area contributed by atoms with Crippen molar-refractivity contribution in [1.82, 2.24) is 0 Å². The van der Waals surface area contributed by atoms with E-state index in [2.05, 4.69) is 0 Å². The first-order chi connectivity index (χ1) is 6.32. The van der Waals surface area contributed by atoms with E-state index in [-0.39, 0.29) is 11.0 Å². The summed E-state index contributed by atoms with van der Waals surface area (Å²) in [5.41, 5.74) is 1.04. The topological polar surface area (TPSA) is 0 Å². The lowest BCUT2D eigenvalue weighted by molar-refractivity contribution is 0.360. The number of alkyl halides is 1. The second-order valence-electron chi connectivity index (χ2n) is 4.60. The summed E-state index contributed by atoms with van der Waals surface area (Å²) in [5.74, 6) is -0.465. The molecule has 0 N–H and O–H groups in total. The zero-order valence-corrected chi connectivity index (χ0v) is 9.07. The van der Waals surface area contributed by atoms with Crippen LogP contribution in [-0.4, -0.2) is 0 Å². The predicted molar refractivity (Wildman–Crippen MR) is 54.6 cm³/mol. The average molecular weight is 198 g/mol. The highest BCUT2D eigenvalue weighted by atomic mass is 19.1. The van der Waals surface area contributed by atoms with Crippen LogP contribution in [0.2, 0.25) is 0 Å². The van der Waals surface area contributed by atoms with Crippen molar-refractivity contribution >= 4 is 0 Å². The Kier molecular flexibility index (Phi) is 2.93. The van der Waals surface area contributed by atoms with Crippen LogP contribution in [0.4, 0.5) is 8.78 Å². The molecular formula is C12H16F2. The maximum atomic E-state index is 13.2. The van der Waals surface area contributed by atoms with Gasteiger partial charge in [-0.2, -0.15) is 0 Å². The fraction of sp³-hybridized carbons (Fsp3) is 0.500. The molecule has 0 nitrogen and oxygen atoms in total. The SMILES string of the molecule is CC(F)c1cc(C(C)(C)C)ccc1F. The molecule has 1 rings (SSSR count). The van der Waals surface area contributed by atoms with E-state index in [0.717, 1.165) is 5.56 Å². The molecule has 2 heteroatoms. The Hall–Kier alpha value is -0.920. The molecule has 0 aliphatic heterocycles. The van der Waals surface area contributed by atoms with Gasteiger partial charge in [0.2, 0.25) is 0 Å². The second kappa shape index (κ2) is 3.68. The summed E-state index contributed by atoms with van der Waals surface area (Å²) in [7, 11) is 0. The molecule has 0 amide bonds. The van der Waals surface area contributed by atoms with Crippen LogP contribution in [0.25, 0.3) is 0 Å². The molecule has 0 aliphatic carbocycles. The third-order valence-corrected chi connectivity index (χ3v) is 2.29. The minimum atomic E-state index is -1.25. The van der Waals surface area contributed by atoms with Gasteiger partial charge in [0, 0.05) is 5.56 Å². The molecule has 0 saturated heterocycles. The maximum absolute atomic E-state index is 13.2. The van der Waals surface area contributed by atoms with Gasteiger partial charge in [-0.1, -0.05) is 26.8 Å². The lowest BCUT2D eigenvalue weighted by atomic mass is 9.86. The van der Waals surface area contributed by atoms with Crippen LogP contribution < -0.4 is 0 Å². The van der Waals surface area contributed by atoms with Gasteiger partial charge < -0.3 is 0 Å². The summed E-state index contributed by atoms with van der Waals surface area (Å²) in [5, 5.41) is 0. The Bertz CT molecular complexity index is 322. The first-order valence-corrected chi connectivity index (χ1v) is 4.76. The lowest BCUT2D eigenvalue weighted by Gasteiger charge is -2.20. The molecule has 1 atom stereocenters. The van der Waals surface area contributed by atoms with Crippen molar-refractivity contribution in [3.63, 3.8) is 0 Å². The Morgan fingerprint density at radius 3 is 2.21 bits per heavy atom. The van der Waals surface area contributed by atoms with Crippen LogP contribution in [0.1, 0.15) is 45.0 Å². The monoisotopic (exact) mass is 198 g/mol. The largest absolute Gasteiger partial charge is 0.242 e. The highest BCUT2D eigenvalue weighted by Crippen LogP contribution is 2.27. The van der Waals surface area contributed by atoms with Gasteiger partial charge in [-0.3, -0.25) is 0 Å². The number of hydrogen-bond donors (Lipinski definition) is 0. The molecular weight excluding hydrogens is 182 g/mol. The Morgan fingerprint density at radius 1 is 1.21 bits per heavy atom. The normalized spacial score (nSPS) is 14.1. The second-order valence-corrected chi connectivity index (χ2v) is 4.60. The number of benzene rings is 1. The molecule has 1 unspecified atom stereocenters. The fourth-order valence-corrected chi connectivity index (χ4v) is 1.32. The number of rotatable bonds is 1. The minimum Gasteiger partial charge on any atom is -0.242 e. The quantitative estimate of drug-likeness (QED) is 0.635. The van der Waals surface area contributed by atoms with Crippen LogP contribution in [-0.2, 0) is 5.41 Å². The maximum Gasteiger partial charge on any atom is 0.129 e. The predicted octanol–water partition coefficient (Wildman–Crippen LogP) is 4.15. The molecule has 0 heterocycles. The Morgan fingerprint density at radius 2 is 1.79 bits per heavy atom. The molecule has 14 heavy (non-hydrogen) atoms. The molecule has 0 saturated carbocycles. The van der Waals surface area contributed by atoms with Crippen molar-refractivity contribution in [2.24, 2.45) is 0 Å². The van der Waals surface area contributed by atoms with Gasteiger partial charge in [-0.25, -0.2) is 8.78 Å². The summed E-state index contributed by atoms with van der Waals surface area (Å²) < 4.78 is 26.2. The smallest absolute Gasteiger partial charge is 0.129 e. The summed E-state index contributed by atoms with van der Waals surface area (Å²) >= 11 is 0. The van der Waals surface area contributed by atoms with Crippen LogP contribution in [0.3, 0.4) is 0 Å². The van der Waals surface area contributed by atoms with Gasteiger partial charge in [-0.15, -0.1) is 0 Å². The average Bonchev–Trinajstić information content (AvgIpc) is 2.02. The van der Waals surface area contributed by atoms with Gasteiger partial charge in [0.25, 0.3) is 0 Å². The van der Waals surface area contributed by atoms with E-state index in [1.807, 2.05) is 20.8 Å². The van der Waals surface area contributed by atoms with E-state index < -0.39 is 12.0 Å². The van der Waals surface area contributed by atoms with Crippen LogP contribution >= 0.6 is 0 Å². The molecule has 0 fully saturated rings. The molecule has 0 radical (unpaired) electrons. The van der Waals surface area contributed by atoms with Crippen molar-refractivity contribution in [2.75, 3.05) is 0 Å². The number of halogens is 2. The van der Waals surface area contributed by atoms with Crippen LogP contribution in [0.15, 0.2) is 18.2 Å². The zero-order chi connectivity index (χ0) is 10.9. The van der Waals surface area contributed by atoms with Gasteiger partial charge >= 0.3 is 0 Å². The van der Waals surface area contributed by atoms with E-state index in [4.69, 9.17) is 0 Å². The van der Waals surface area contributed by atoms with Crippen LogP contribution in [0, 0.1) is 5.82 Å². The van der Waals surface area contributed by atoms with Crippen molar-refractivity contribution in [1.29, 1.82) is 0 Å². The van der Waals surface area contributed by atoms with Gasteiger partial charge in [0.15, 0.2) is 0 Å². The highest BCUT2D eigenvalue weighted by molar-refractivity contribution is 5.30. The third kappa shape index (κ3) is 2.31. The van der Waals surface area contributed by atoms with E-state index >= 15 is 0 Å². The van der Waals surface area contributed by atoms with Crippen molar-refractivity contribution in [3.05, 3.63) is 35.1 Å². The Balaban J connectivity index is 3.20. The molecule has 1 aromatic carbocycles. The van der Waals surface area contributed by atoms with E-state index in [1.165, 1.54) is 13.0 Å². The van der Waals surface area contributed by atoms with Crippen molar-refractivity contribution in [3.8, 4) is 0 Å². The standard InChI is InChI=1S/C12H16F2/c1-8(13)10-7-9(12(2,3)4)5-6-11(10)14/h5-8H,1-4H3. The molecule has 0 spiro atoms. The molecule has 0 bridgehead atoms. The van der Waals surface area contributed by atoms with Gasteiger partial charge in [0.1, 0.15) is 12.0 Å². The number of hydrogen-bond acceptors (Lipinski definition) is 0. The van der Waals surface area contributed by atoms with Crippen LogP contribution in [0.5, 0.6) is 0 Å². The van der Waals surface area contributed by atoms with Gasteiger partial charge in [-0.05, 0) is 30.0 Å². The first kappa shape index (κ1) is 11.2. The summed E-state index contributed by atoms with van der Waals surface area (Å²) in [6.45, 7) is 7.41.